The van der Waals surface area contributed by atoms with Crippen LogP contribution >= 0.6 is 11.8 Å². The SMILES string of the molecule is O=C1NC(=O)C(Cc2ccc(OCC3CN(c4ccc(OC(F)(F)F)cc4)C(=O)O3)cc2)S1. The molecule has 0 aromatic heterocycles. The topological polar surface area (TPSA) is 94.2 Å². The summed E-state index contributed by atoms with van der Waals surface area (Å²) in [4.78, 5) is 36.3. The van der Waals surface area contributed by atoms with Gasteiger partial charge >= 0.3 is 12.5 Å². The number of anilines is 1. The number of carbonyl (C=O) groups is 3. The third-order valence-electron chi connectivity index (χ3n) is 4.80. The molecule has 12 heteroatoms. The number of carbonyl (C=O) groups excluding carboxylic acids is 3. The molecule has 0 aliphatic carbocycles. The second-order valence-corrected chi connectivity index (χ2v) is 8.38. The lowest BCUT2D eigenvalue weighted by atomic mass is 10.1. The van der Waals surface area contributed by atoms with Crippen LogP contribution in [0.4, 0.5) is 28.4 Å². The maximum atomic E-state index is 12.3. The average Bonchev–Trinajstić information content (AvgIpc) is 3.27. The van der Waals surface area contributed by atoms with Gasteiger partial charge in [-0.3, -0.25) is 19.8 Å². The van der Waals surface area contributed by atoms with E-state index in [4.69, 9.17) is 9.47 Å². The molecule has 0 radical (unpaired) electrons. The highest BCUT2D eigenvalue weighted by Gasteiger charge is 2.34. The van der Waals surface area contributed by atoms with Gasteiger partial charge in [0.15, 0.2) is 6.10 Å². The minimum Gasteiger partial charge on any atom is -0.490 e. The maximum Gasteiger partial charge on any atom is 0.573 e. The van der Waals surface area contributed by atoms with Crippen LogP contribution < -0.4 is 19.7 Å². The summed E-state index contributed by atoms with van der Waals surface area (Å²) in [6, 6.07) is 11.9. The highest BCUT2D eigenvalue weighted by molar-refractivity contribution is 8.15. The number of rotatable bonds is 7. The van der Waals surface area contributed by atoms with Crippen molar-refractivity contribution >= 4 is 34.7 Å². The Morgan fingerprint density at radius 3 is 2.30 bits per heavy atom. The molecule has 2 aromatic carbocycles. The average molecular weight is 482 g/mol. The van der Waals surface area contributed by atoms with E-state index in [1.807, 2.05) is 0 Å². The Morgan fingerprint density at radius 2 is 1.70 bits per heavy atom. The largest absolute Gasteiger partial charge is 0.573 e. The molecule has 0 saturated carbocycles. The molecule has 4 rings (SSSR count). The van der Waals surface area contributed by atoms with E-state index in [2.05, 4.69) is 10.1 Å². The van der Waals surface area contributed by atoms with Gasteiger partial charge in [0.1, 0.15) is 18.1 Å². The van der Waals surface area contributed by atoms with Crippen LogP contribution in [0.5, 0.6) is 11.5 Å². The summed E-state index contributed by atoms with van der Waals surface area (Å²) in [6.45, 7) is 0.241. The number of amides is 3. The zero-order valence-corrected chi connectivity index (χ0v) is 17.7. The fourth-order valence-corrected chi connectivity index (χ4v) is 4.16. The van der Waals surface area contributed by atoms with E-state index < -0.39 is 23.8 Å². The van der Waals surface area contributed by atoms with Gasteiger partial charge in [0.25, 0.3) is 5.24 Å². The van der Waals surface area contributed by atoms with Crippen molar-refractivity contribution in [2.75, 3.05) is 18.1 Å². The van der Waals surface area contributed by atoms with Gasteiger partial charge in [0.05, 0.1) is 11.8 Å². The molecule has 2 aliphatic rings. The third-order valence-corrected chi connectivity index (χ3v) is 5.78. The third kappa shape index (κ3) is 5.89. The van der Waals surface area contributed by atoms with Crippen molar-refractivity contribution in [3.8, 4) is 11.5 Å². The summed E-state index contributed by atoms with van der Waals surface area (Å²) in [6.07, 6.45) is -5.60. The number of imide groups is 1. The summed E-state index contributed by atoms with van der Waals surface area (Å²) >= 11 is 0.960. The molecule has 33 heavy (non-hydrogen) atoms. The number of hydrogen-bond acceptors (Lipinski definition) is 7. The van der Waals surface area contributed by atoms with E-state index in [1.165, 1.54) is 17.0 Å². The number of alkyl halides is 3. The molecule has 0 bridgehead atoms. The molecule has 1 N–H and O–H groups in total. The normalized spacial score (nSPS) is 20.6. The fourth-order valence-electron chi connectivity index (χ4n) is 3.30. The lowest BCUT2D eigenvalue weighted by Crippen LogP contribution is -2.26. The summed E-state index contributed by atoms with van der Waals surface area (Å²) in [5.74, 6) is -0.164. The standard InChI is InChI=1S/C21H17F3N2O6S/c22-21(23,24)32-15-7-3-13(4-8-15)26-10-16(31-20(26)29)11-30-14-5-1-12(2-6-14)9-17-18(27)25-19(28)33-17/h1-8,16-17H,9-11H2,(H,25,27,28). The van der Waals surface area contributed by atoms with Gasteiger partial charge in [-0.1, -0.05) is 23.9 Å². The minimum absolute atomic E-state index is 0.0756. The Bertz CT molecular complexity index is 1050. The van der Waals surface area contributed by atoms with Crippen molar-refractivity contribution in [3.63, 3.8) is 0 Å². The molecule has 3 amide bonds. The molecule has 2 unspecified atom stereocenters. The van der Waals surface area contributed by atoms with Crippen LogP contribution in [0.15, 0.2) is 48.5 Å². The molecule has 174 valence electrons. The molecule has 2 fully saturated rings. The Labute approximate surface area is 190 Å². The first-order valence-corrected chi connectivity index (χ1v) is 10.6. The monoisotopic (exact) mass is 482 g/mol. The zero-order valence-electron chi connectivity index (χ0n) is 16.8. The summed E-state index contributed by atoms with van der Waals surface area (Å²) in [5, 5.41) is 1.44. The van der Waals surface area contributed by atoms with E-state index in [0.29, 0.717) is 17.9 Å². The van der Waals surface area contributed by atoms with Crippen LogP contribution in [0.25, 0.3) is 0 Å². The van der Waals surface area contributed by atoms with Crippen molar-refractivity contribution < 1.29 is 41.8 Å². The molecule has 2 aliphatic heterocycles. The number of ether oxygens (including phenoxy) is 3. The van der Waals surface area contributed by atoms with Crippen LogP contribution in [-0.4, -0.2) is 48.1 Å². The van der Waals surface area contributed by atoms with Gasteiger partial charge < -0.3 is 14.2 Å². The molecule has 2 atom stereocenters. The first kappa shape index (κ1) is 22.8. The van der Waals surface area contributed by atoms with Gasteiger partial charge in [0, 0.05) is 5.69 Å². The van der Waals surface area contributed by atoms with Crippen molar-refractivity contribution in [2.24, 2.45) is 0 Å². The van der Waals surface area contributed by atoms with Crippen LogP contribution in [0.3, 0.4) is 0 Å². The Kier molecular flexibility index (Phi) is 6.36. The Morgan fingerprint density at radius 1 is 1.03 bits per heavy atom. The van der Waals surface area contributed by atoms with E-state index in [-0.39, 0.29) is 30.0 Å². The van der Waals surface area contributed by atoms with E-state index >= 15 is 0 Å². The number of cyclic esters (lactones) is 1. The highest BCUT2D eigenvalue weighted by atomic mass is 32.2. The van der Waals surface area contributed by atoms with Gasteiger partial charge in [0.2, 0.25) is 5.91 Å². The second kappa shape index (κ2) is 9.22. The number of hydrogen-bond donors (Lipinski definition) is 1. The van der Waals surface area contributed by atoms with Crippen molar-refractivity contribution in [1.82, 2.24) is 5.32 Å². The van der Waals surface area contributed by atoms with Gasteiger partial charge in [-0.25, -0.2) is 4.79 Å². The predicted octanol–water partition coefficient (Wildman–Crippen LogP) is 3.88. The summed E-state index contributed by atoms with van der Waals surface area (Å²) in [5.41, 5.74) is 1.23. The number of halogens is 3. The van der Waals surface area contributed by atoms with Crippen LogP contribution in [0.2, 0.25) is 0 Å². The fraction of sp³-hybridized carbons (Fsp3) is 0.286. The first-order chi connectivity index (χ1) is 15.7. The smallest absolute Gasteiger partial charge is 0.490 e. The van der Waals surface area contributed by atoms with Gasteiger partial charge in [-0.05, 0) is 48.4 Å². The molecule has 2 saturated heterocycles. The second-order valence-electron chi connectivity index (χ2n) is 7.20. The van der Waals surface area contributed by atoms with Crippen molar-refractivity contribution in [1.29, 1.82) is 0 Å². The molecular weight excluding hydrogens is 465 g/mol. The van der Waals surface area contributed by atoms with Crippen molar-refractivity contribution in [2.45, 2.75) is 24.1 Å². The molecule has 8 nitrogen and oxygen atoms in total. The lowest BCUT2D eigenvalue weighted by Gasteiger charge is -2.14. The number of nitrogens with one attached hydrogen (secondary N) is 1. The summed E-state index contributed by atoms with van der Waals surface area (Å²) < 4.78 is 51.6. The van der Waals surface area contributed by atoms with Crippen LogP contribution in [0.1, 0.15) is 5.56 Å². The number of thioether (sulfide) groups is 1. The van der Waals surface area contributed by atoms with Gasteiger partial charge in [-0.2, -0.15) is 0 Å². The van der Waals surface area contributed by atoms with Crippen LogP contribution in [-0.2, 0) is 16.0 Å². The molecule has 2 aromatic rings. The molecular formula is C21H17F3N2O6S. The Balaban J connectivity index is 1.28. The molecule has 2 heterocycles. The molecule has 0 spiro atoms. The van der Waals surface area contributed by atoms with Crippen molar-refractivity contribution in [3.05, 3.63) is 54.1 Å². The van der Waals surface area contributed by atoms with E-state index in [0.717, 1.165) is 29.5 Å². The van der Waals surface area contributed by atoms with Gasteiger partial charge in [-0.15, -0.1) is 13.2 Å². The van der Waals surface area contributed by atoms with Crippen LogP contribution in [0, 0.1) is 0 Å². The van der Waals surface area contributed by atoms with E-state index in [9.17, 15) is 27.6 Å². The Hall–Kier alpha value is -3.41. The van der Waals surface area contributed by atoms with E-state index in [1.54, 1.807) is 24.3 Å². The first-order valence-electron chi connectivity index (χ1n) is 9.73. The quantitative estimate of drug-likeness (QED) is 0.640. The zero-order chi connectivity index (χ0) is 23.6. The number of benzene rings is 2. The number of nitrogens with zero attached hydrogens (tertiary/aromatic N) is 1. The summed E-state index contributed by atoms with van der Waals surface area (Å²) in [7, 11) is 0. The maximum absolute atomic E-state index is 12.3. The lowest BCUT2D eigenvalue weighted by molar-refractivity contribution is -0.274. The highest BCUT2D eigenvalue weighted by Crippen LogP contribution is 2.28. The predicted molar refractivity (Wildman–Crippen MR) is 111 cm³/mol. The minimum atomic E-state index is -4.79.